The molecule has 0 radical (unpaired) electrons. The maximum absolute atomic E-state index is 4.39. The highest BCUT2D eigenvalue weighted by Crippen LogP contribution is 2.07. The van der Waals surface area contributed by atoms with Crippen LogP contribution in [0.1, 0.15) is 12.8 Å². The van der Waals surface area contributed by atoms with E-state index in [0.29, 0.717) is 6.04 Å². The van der Waals surface area contributed by atoms with E-state index in [2.05, 4.69) is 15.6 Å². The fraction of sp³-hybridized carbons (Fsp3) is 0.857. The van der Waals surface area contributed by atoms with Gasteiger partial charge < -0.3 is 10.6 Å². The van der Waals surface area contributed by atoms with Crippen LogP contribution in [-0.2, 0) is 0 Å². The molecule has 1 fully saturated rings. The van der Waals surface area contributed by atoms with E-state index in [-0.39, 0.29) is 0 Å². The van der Waals surface area contributed by atoms with Crippen LogP contribution >= 0.6 is 0 Å². The number of hydrogen-bond acceptors (Lipinski definition) is 3. The Morgan fingerprint density at radius 1 is 1.40 bits per heavy atom. The fourth-order valence-corrected chi connectivity index (χ4v) is 1.56. The summed E-state index contributed by atoms with van der Waals surface area (Å²) in [5.41, 5.74) is 0. The number of nitrogens with zero attached hydrogens (tertiary/aromatic N) is 1. The third-order valence-electron chi connectivity index (χ3n) is 2.08. The van der Waals surface area contributed by atoms with Crippen molar-refractivity contribution in [3.8, 4) is 0 Å². The van der Waals surface area contributed by atoms with Crippen molar-refractivity contribution in [3.05, 3.63) is 0 Å². The molecule has 1 atom stereocenters. The van der Waals surface area contributed by atoms with E-state index < -0.39 is 0 Å². The first-order chi connectivity index (χ1) is 4.97. The number of nitrogens with one attached hydrogen (secondary N) is 2. The second-order valence-electron chi connectivity index (χ2n) is 2.84. The second kappa shape index (κ2) is 2.58. The van der Waals surface area contributed by atoms with Crippen LogP contribution in [0.2, 0.25) is 0 Å². The number of aliphatic imine (C=N–C) groups is 1. The van der Waals surface area contributed by atoms with Gasteiger partial charge >= 0.3 is 0 Å². The maximum Gasteiger partial charge on any atom is 0.114 e. The lowest BCUT2D eigenvalue weighted by atomic mass is 10.1. The molecule has 0 saturated carbocycles. The fourth-order valence-electron chi connectivity index (χ4n) is 1.56. The van der Waals surface area contributed by atoms with Gasteiger partial charge in [0.05, 0.1) is 6.04 Å². The van der Waals surface area contributed by atoms with Gasteiger partial charge in [0.1, 0.15) is 5.84 Å². The molecule has 2 aliphatic rings. The van der Waals surface area contributed by atoms with E-state index in [1.54, 1.807) is 0 Å². The second-order valence-corrected chi connectivity index (χ2v) is 2.84. The Labute approximate surface area is 60.9 Å². The third-order valence-corrected chi connectivity index (χ3v) is 2.08. The van der Waals surface area contributed by atoms with E-state index in [9.17, 15) is 0 Å². The Balaban J connectivity index is 2.08. The van der Waals surface area contributed by atoms with E-state index in [1.165, 1.54) is 18.7 Å². The number of rotatable bonds is 0. The SMILES string of the molecule is C1CN=C2NCCNC2C1. The number of piperazine rings is 1. The standard InChI is InChI=1S/C7H13N3/c1-2-6-7(9-3-1)10-5-4-8-6/h6,8H,1-5H2,(H,9,10). The quantitative estimate of drug-likeness (QED) is 0.485. The zero-order valence-corrected chi connectivity index (χ0v) is 6.06. The van der Waals surface area contributed by atoms with E-state index in [0.717, 1.165) is 19.6 Å². The Kier molecular flexibility index (Phi) is 1.59. The van der Waals surface area contributed by atoms with Crippen molar-refractivity contribution >= 4 is 5.84 Å². The summed E-state index contributed by atoms with van der Waals surface area (Å²) in [6.45, 7) is 3.14. The summed E-state index contributed by atoms with van der Waals surface area (Å²) in [6, 6.07) is 0.544. The monoisotopic (exact) mass is 139 g/mol. The molecule has 2 aliphatic heterocycles. The molecule has 3 nitrogen and oxygen atoms in total. The van der Waals surface area contributed by atoms with Crippen LogP contribution < -0.4 is 10.6 Å². The number of fused-ring (bicyclic) bond motifs is 1. The third kappa shape index (κ3) is 1.01. The van der Waals surface area contributed by atoms with Crippen LogP contribution in [-0.4, -0.2) is 31.5 Å². The molecule has 1 saturated heterocycles. The van der Waals surface area contributed by atoms with E-state index in [1.807, 2.05) is 0 Å². The predicted octanol–water partition coefficient (Wildman–Crippen LogP) is -0.260. The molecule has 2 heterocycles. The molecular weight excluding hydrogens is 126 g/mol. The molecular formula is C7H13N3. The Hall–Kier alpha value is -0.570. The average molecular weight is 139 g/mol. The van der Waals surface area contributed by atoms with Crippen LogP contribution in [0.3, 0.4) is 0 Å². The molecule has 0 bridgehead atoms. The van der Waals surface area contributed by atoms with Gasteiger partial charge in [-0.2, -0.15) is 0 Å². The molecule has 3 heteroatoms. The highest BCUT2D eigenvalue weighted by Gasteiger charge is 2.20. The highest BCUT2D eigenvalue weighted by atomic mass is 15.1. The lowest BCUT2D eigenvalue weighted by Gasteiger charge is -2.29. The molecule has 56 valence electrons. The number of amidine groups is 1. The minimum Gasteiger partial charge on any atom is -0.371 e. The Bertz CT molecular complexity index is 153. The molecule has 0 aliphatic carbocycles. The molecule has 10 heavy (non-hydrogen) atoms. The van der Waals surface area contributed by atoms with Gasteiger partial charge in [-0.3, -0.25) is 4.99 Å². The first kappa shape index (κ1) is 6.16. The largest absolute Gasteiger partial charge is 0.371 e. The summed E-state index contributed by atoms with van der Waals surface area (Å²) in [7, 11) is 0. The van der Waals surface area contributed by atoms with Gasteiger partial charge in [0.2, 0.25) is 0 Å². The molecule has 0 aromatic heterocycles. The van der Waals surface area contributed by atoms with Crippen molar-refractivity contribution in [3.63, 3.8) is 0 Å². The lowest BCUT2D eigenvalue weighted by molar-refractivity contribution is 0.497. The van der Waals surface area contributed by atoms with Crippen molar-refractivity contribution in [1.82, 2.24) is 10.6 Å². The van der Waals surface area contributed by atoms with Gasteiger partial charge in [-0.05, 0) is 12.8 Å². The molecule has 1 unspecified atom stereocenters. The van der Waals surface area contributed by atoms with Crippen LogP contribution in [0.4, 0.5) is 0 Å². The smallest absolute Gasteiger partial charge is 0.114 e. The molecule has 0 aromatic carbocycles. The first-order valence-electron chi connectivity index (χ1n) is 3.98. The molecule has 2 rings (SSSR count). The van der Waals surface area contributed by atoms with Crippen molar-refractivity contribution < 1.29 is 0 Å². The first-order valence-corrected chi connectivity index (χ1v) is 3.98. The highest BCUT2D eigenvalue weighted by molar-refractivity contribution is 5.88. The summed E-state index contributed by atoms with van der Waals surface area (Å²) < 4.78 is 0. The normalized spacial score (nSPS) is 32.0. The van der Waals surface area contributed by atoms with Gasteiger partial charge in [-0.1, -0.05) is 0 Å². The van der Waals surface area contributed by atoms with Crippen molar-refractivity contribution in [2.45, 2.75) is 18.9 Å². The van der Waals surface area contributed by atoms with Gasteiger partial charge in [-0.15, -0.1) is 0 Å². The van der Waals surface area contributed by atoms with Crippen LogP contribution in [0, 0.1) is 0 Å². The Morgan fingerprint density at radius 2 is 2.40 bits per heavy atom. The molecule has 0 spiro atoms. The molecule has 0 amide bonds. The minimum atomic E-state index is 0.544. The van der Waals surface area contributed by atoms with Gasteiger partial charge in [0.15, 0.2) is 0 Å². The van der Waals surface area contributed by atoms with Crippen LogP contribution in [0.15, 0.2) is 4.99 Å². The van der Waals surface area contributed by atoms with Crippen LogP contribution in [0.5, 0.6) is 0 Å². The van der Waals surface area contributed by atoms with Crippen molar-refractivity contribution in [2.75, 3.05) is 19.6 Å². The zero-order chi connectivity index (χ0) is 6.81. The van der Waals surface area contributed by atoms with Crippen molar-refractivity contribution in [1.29, 1.82) is 0 Å². The predicted molar refractivity (Wildman–Crippen MR) is 41.3 cm³/mol. The average Bonchev–Trinajstić information content (AvgIpc) is 2.05. The van der Waals surface area contributed by atoms with E-state index >= 15 is 0 Å². The summed E-state index contributed by atoms with van der Waals surface area (Å²) >= 11 is 0. The Morgan fingerprint density at radius 3 is 3.30 bits per heavy atom. The topological polar surface area (TPSA) is 36.4 Å². The van der Waals surface area contributed by atoms with Gasteiger partial charge in [0.25, 0.3) is 0 Å². The van der Waals surface area contributed by atoms with E-state index in [4.69, 9.17) is 0 Å². The molecule has 0 aromatic rings. The molecule has 2 N–H and O–H groups in total. The maximum atomic E-state index is 4.39. The van der Waals surface area contributed by atoms with Gasteiger partial charge in [-0.25, -0.2) is 0 Å². The summed E-state index contributed by atoms with van der Waals surface area (Å²) in [5, 5.41) is 6.74. The van der Waals surface area contributed by atoms with Crippen LogP contribution in [0.25, 0.3) is 0 Å². The minimum absolute atomic E-state index is 0.544. The number of hydrogen-bond donors (Lipinski definition) is 2. The summed E-state index contributed by atoms with van der Waals surface area (Å²) in [6.07, 6.45) is 2.49. The van der Waals surface area contributed by atoms with Gasteiger partial charge in [0, 0.05) is 19.6 Å². The lowest BCUT2D eigenvalue weighted by Crippen LogP contribution is -2.54. The zero-order valence-electron chi connectivity index (χ0n) is 6.06. The summed E-state index contributed by atoms with van der Waals surface area (Å²) in [4.78, 5) is 4.39. The summed E-state index contributed by atoms with van der Waals surface area (Å²) in [5.74, 6) is 1.19. The van der Waals surface area contributed by atoms with Crippen molar-refractivity contribution in [2.24, 2.45) is 4.99 Å².